The van der Waals surface area contributed by atoms with Crippen molar-refractivity contribution in [3.05, 3.63) is 58.1 Å². The standard InChI is InChI=1S/C22H23ClN4O2/c23-17-3-2-15(20-16(17)11-25-22(20)29)19-10-13-9-12(1-4-18(13)27-19)21(28)26-14-5-7-24-8-6-14/h1-4,9-10,14,22,24-25,27,29H,5-8,11H2,(H,26,28). The Morgan fingerprint density at radius 1 is 1.14 bits per heavy atom. The van der Waals surface area contributed by atoms with Gasteiger partial charge in [-0.25, -0.2) is 0 Å². The van der Waals surface area contributed by atoms with Crippen LogP contribution in [0.2, 0.25) is 5.02 Å². The highest BCUT2D eigenvalue weighted by Crippen LogP contribution is 2.38. The largest absolute Gasteiger partial charge is 0.374 e. The summed E-state index contributed by atoms with van der Waals surface area (Å²) in [5, 5.41) is 21.4. The number of aliphatic hydroxyl groups excluding tert-OH is 1. The molecule has 0 bridgehead atoms. The van der Waals surface area contributed by atoms with Crippen molar-refractivity contribution in [2.45, 2.75) is 31.7 Å². The lowest BCUT2D eigenvalue weighted by Gasteiger charge is -2.23. The third-order valence-electron chi connectivity index (χ3n) is 5.89. The van der Waals surface area contributed by atoms with Crippen LogP contribution in [0.25, 0.3) is 22.2 Å². The molecule has 2 aliphatic rings. The van der Waals surface area contributed by atoms with Crippen LogP contribution in [0, 0.1) is 0 Å². The van der Waals surface area contributed by atoms with Crippen LogP contribution in [0.4, 0.5) is 0 Å². The van der Waals surface area contributed by atoms with E-state index in [1.807, 2.05) is 36.4 Å². The first-order valence-corrected chi connectivity index (χ1v) is 10.4. The van der Waals surface area contributed by atoms with Gasteiger partial charge in [-0.2, -0.15) is 0 Å². The molecular weight excluding hydrogens is 388 g/mol. The molecule has 0 saturated carbocycles. The van der Waals surface area contributed by atoms with E-state index in [4.69, 9.17) is 11.6 Å². The average Bonchev–Trinajstić information content (AvgIpc) is 3.33. The van der Waals surface area contributed by atoms with E-state index in [1.54, 1.807) is 0 Å². The third-order valence-corrected chi connectivity index (χ3v) is 6.25. The molecule has 5 rings (SSSR count). The van der Waals surface area contributed by atoms with Crippen LogP contribution in [0.15, 0.2) is 36.4 Å². The molecule has 6 nitrogen and oxygen atoms in total. The predicted molar refractivity (Wildman–Crippen MR) is 114 cm³/mol. The molecule has 2 aliphatic heterocycles. The molecule has 1 aromatic heterocycles. The number of aliphatic hydroxyl groups is 1. The van der Waals surface area contributed by atoms with Crippen LogP contribution in [0.5, 0.6) is 0 Å². The van der Waals surface area contributed by atoms with Gasteiger partial charge in [0, 0.05) is 50.9 Å². The van der Waals surface area contributed by atoms with E-state index < -0.39 is 6.23 Å². The number of aromatic amines is 1. The quantitative estimate of drug-likeness (QED) is 0.459. The predicted octanol–water partition coefficient (Wildman–Crippen LogP) is 3.06. The number of amides is 1. The first kappa shape index (κ1) is 18.6. The van der Waals surface area contributed by atoms with Crippen LogP contribution in [0.3, 0.4) is 0 Å². The van der Waals surface area contributed by atoms with Crippen molar-refractivity contribution in [1.29, 1.82) is 0 Å². The van der Waals surface area contributed by atoms with Gasteiger partial charge in [-0.3, -0.25) is 10.1 Å². The van der Waals surface area contributed by atoms with E-state index in [9.17, 15) is 9.90 Å². The fourth-order valence-electron chi connectivity index (χ4n) is 4.32. The minimum atomic E-state index is -0.739. The molecule has 1 unspecified atom stereocenters. The maximum Gasteiger partial charge on any atom is 0.251 e. The minimum absolute atomic E-state index is 0.0337. The number of rotatable bonds is 3. The summed E-state index contributed by atoms with van der Waals surface area (Å²) in [5.74, 6) is -0.0337. The third kappa shape index (κ3) is 3.42. The van der Waals surface area contributed by atoms with E-state index >= 15 is 0 Å². The van der Waals surface area contributed by atoms with Crippen LogP contribution in [0.1, 0.15) is 40.6 Å². The summed E-state index contributed by atoms with van der Waals surface area (Å²) in [4.78, 5) is 16.1. The smallest absolute Gasteiger partial charge is 0.251 e. The lowest BCUT2D eigenvalue weighted by Crippen LogP contribution is -2.42. The maximum atomic E-state index is 12.7. The number of benzene rings is 2. The monoisotopic (exact) mass is 410 g/mol. The van der Waals surface area contributed by atoms with Crippen LogP contribution >= 0.6 is 11.6 Å². The highest BCUT2D eigenvalue weighted by Gasteiger charge is 2.26. The summed E-state index contributed by atoms with van der Waals surface area (Å²) in [6.45, 7) is 2.43. The highest BCUT2D eigenvalue weighted by atomic mass is 35.5. The molecule has 1 fully saturated rings. The van der Waals surface area contributed by atoms with Crippen molar-refractivity contribution >= 4 is 28.4 Å². The van der Waals surface area contributed by atoms with Gasteiger partial charge in [-0.15, -0.1) is 0 Å². The number of carbonyl (C=O) groups excluding carboxylic acids is 1. The van der Waals surface area contributed by atoms with E-state index in [2.05, 4.69) is 20.9 Å². The summed E-state index contributed by atoms with van der Waals surface area (Å²) in [6, 6.07) is 11.7. The molecule has 0 radical (unpaired) electrons. The molecule has 1 atom stereocenters. The fraction of sp³-hybridized carbons (Fsp3) is 0.318. The number of hydrogen-bond acceptors (Lipinski definition) is 4. The maximum absolute atomic E-state index is 12.7. The fourth-order valence-corrected chi connectivity index (χ4v) is 4.55. The van der Waals surface area contributed by atoms with E-state index in [0.29, 0.717) is 17.1 Å². The van der Waals surface area contributed by atoms with Gasteiger partial charge in [0.1, 0.15) is 6.23 Å². The summed E-state index contributed by atoms with van der Waals surface area (Å²) in [7, 11) is 0. The van der Waals surface area contributed by atoms with Crippen molar-refractivity contribution in [2.75, 3.05) is 13.1 Å². The van der Waals surface area contributed by atoms with Gasteiger partial charge in [-0.1, -0.05) is 17.7 Å². The highest BCUT2D eigenvalue weighted by molar-refractivity contribution is 6.31. The van der Waals surface area contributed by atoms with Crippen molar-refractivity contribution in [3.63, 3.8) is 0 Å². The molecule has 1 saturated heterocycles. The molecule has 7 heteroatoms. The van der Waals surface area contributed by atoms with Gasteiger partial charge in [0.2, 0.25) is 0 Å². The Kier molecular flexibility index (Phi) is 4.80. The van der Waals surface area contributed by atoms with Gasteiger partial charge < -0.3 is 20.7 Å². The van der Waals surface area contributed by atoms with Crippen molar-refractivity contribution in [3.8, 4) is 11.3 Å². The van der Waals surface area contributed by atoms with Crippen molar-refractivity contribution in [1.82, 2.24) is 20.9 Å². The molecule has 3 heterocycles. The van der Waals surface area contributed by atoms with Crippen LogP contribution in [-0.4, -0.2) is 35.1 Å². The van der Waals surface area contributed by atoms with Crippen LogP contribution in [-0.2, 0) is 6.54 Å². The zero-order chi connectivity index (χ0) is 20.0. The zero-order valence-corrected chi connectivity index (χ0v) is 16.6. The molecular formula is C22H23ClN4O2. The molecule has 5 N–H and O–H groups in total. The summed E-state index contributed by atoms with van der Waals surface area (Å²) < 4.78 is 0. The van der Waals surface area contributed by atoms with Crippen molar-refractivity contribution in [2.24, 2.45) is 0 Å². The Hall–Kier alpha value is -2.38. The van der Waals surface area contributed by atoms with E-state index in [0.717, 1.165) is 59.2 Å². The Bertz CT molecular complexity index is 1090. The molecule has 1 amide bonds. The van der Waals surface area contributed by atoms with Crippen molar-refractivity contribution < 1.29 is 9.90 Å². The number of fused-ring (bicyclic) bond motifs is 2. The Morgan fingerprint density at radius 2 is 1.97 bits per heavy atom. The molecule has 150 valence electrons. The lowest BCUT2D eigenvalue weighted by molar-refractivity contribution is 0.0929. The second kappa shape index (κ2) is 7.46. The first-order chi connectivity index (χ1) is 14.1. The van der Waals surface area contributed by atoms with Gasteiger partial charge in [0.15, 0.2) is 0 Å². The zero-order valence-electron chi connectivity index (χ0n) is 15.9. The molecule has 0 spiro atoms. The SMILES string of the molecule is O=C(NC1CCNCC1)c1ccc2[nH]c(-c3ccc(Cl)c4c3C(O)NC4)cc2c1. The Morgan fingerprint density at radius 3 is 2.79 bits per heavy atom. The Labute approximate surface area is 173 Å². The number of nitrogens with one attached hydrogen (secondary N) is 4. The second-order valence-corrected chi connectivity index (χ2v) is 8.16. The second-order valence-electron chi connectivity index (χ2n) is 7.75. The number of aromatic nitrogens is 1. The Balaban J connectivity index is 1.46. The summed E-state index contributed by atoms with van der Waals surface area (Å²) in [5.41, 5.74) is 5.16. The molecule has 29 heavy (non-hydrogen) atoms. The van der Waals surface area contributed by atoms with E-state index in [1.165, 1.54) is 0 Å². The number of carbonyl (C=O) groups is 1. The first-order valence-electron chi connectivity index (χ1n) is 9.97. The topological polar surface area (TPSA) is 89.2 Å². The number of H-pyrrole nitrogens is 1. The van der Waals surface area contributed by atoms with Gasteiger partial charge in [0.05, 0.1) is 0 Å². The lowest BCUT2D eigenvalue weighted by atomic mass is 10.00. The van der Waals surface area contributed by atoms with Gasteiger partial charge in [0.25, 0.3) is 5.91 Å². The average molecular weight is 411 g/mol. The number of piperidine rings is 1. The number of hydrogen-bond donors (Lipinski definition) is 5. The van der Waals surface area contributed by atoms with Crippen LogP contribution < -0.4 is 16.0 Å². The van der Waals surface area contributed by atoms with Gasteiger partial charge >= 0.3 is 0 Å². The molecule has 2 aromatic carbocycles. The summed E-state index contributed by atoms with van der Waals surface area (Å²) in [6.07, 6.45) is 1.18. The normalized spacial score (nSPS) is 19.4. The molecule has 0 aliphatic carbocycles. The van der Waals surface area contributed by atoms with Gasteiger partial charge in [-0.05, 0) is 61.8 Å². The minimum Gasteiger partial charge on any atom is -0.374 e. The molecule has 3 aromatic rings. The summed E-state index contributed by atoms with van der Waals surface area (Å²) >= 11 is 6.30. The van der Waals surface area contributed by atoms with E-state index in [-0.39, 0.29) is 11.9 Å². The number of halogens is 1.